The summed E-state index contributed by atoms with van der Waals surface area (Å²) < 4.78 is 5.14. The summed E-state index contributed by atoms with van der Waals surface area (Å²) in [6.07, 6.45) is 4.80. The second-order valence-electron chi connectivity index (χ2n) is 6.42. The van der Waals surface area contributed by atoms with Crippen molar-refractivity contribution in [3.63, 3.8) is 0 Å². The van der Waals surface area contributed by atoms with Gasteiger partial charge in [-0.2, -0.15) is 5.10 Å². The number of amides is 2. The number of nitrogens with zero attached hydrogens (tertiary/aromatic N) is 1. The molecule has 1 aliphatic rings. The number of ether oxygens (including phenoxy) is 1. The number of nitrogens with one attached hydrogen (secondary N) is 2. The molecular weight excluding hydrogens is 449 g/mol. The maximum absolute atomic E-state index is 12.4. The van der Waals surface area contributed by atoms with Crippen LogP contribution in [0.1, 0.15) is 46.1 Å². The predicted molar refractivity (Wildman–Crippen MR) is 118 cm³/mol. The first-order valence-corrected chi connectivity index (χ1v) is 10.9. The number of thiophene rings is 1. The Bertz CT molecular complexity index is 999. The highest BCUT2D eigenvalue weighted by Crippen LogP contribution is 2.38. The van der Waals surface area contributed by atoms with Crippen molar-refractivity contribution in [2.75, 3.05) is 11.9 Å². The molecule has 0 spiro atoms. The van der Waals surface area contributed by atoms with Gasteiger partial charge in [-0.25, -0.2) is 10.2 Å². The van der Waals surface area contributed by atoms with Gasteiger partial charge in [-0.15, -0.1) is 11.3 Å². The number of halogens is 2. The highest BCUT2D eigenvalue weighted by Gasteiger charge is 2.28. The van der Waals surface area contributed by atoms with Crippen molar-refractivity contribution in [3.8, 4) is 0 Å². The molecule has 7 nitrogen and oxygen atoms in total. The molecule has 0 unspecified atom stereocenters. The minimum atomic E-state index is -0.990. The molecule has 1 aromatic carbocycles. The van der Waals surface area contributed by atoms with Gasteiger partial charge in [0.05, 0.1) is 28.4 Å². The number of fused-ring (bicyclic) bond motifs is 1. The molecule has 2 N–H and O–H groups in total. The lowest BCUT2D eigenvalue weighted by molar-refractivity contribution is -0.136. The van der Waals surface area contributed by atoms with Crippen molar-refractivity contribution in [2.24, 2.45) is 5.10 Å². The highest BCUT2D eigenvalue weighted by molar-refractivity contribution is 7.17. The van der Waals surface area contributed by atoms with Crippen LogP contribution in [-0.2, 0) is 27.2 Å². The number of carbonyl (C=O) groups is 3. The van der Waals surface area contributed by atoms with Crippen LogP contribution >= 0.6 is 34.5 Å². The maximum Gasteiger partial charge on any atom is 0.341 e. The van der Waals surface area contributed by atoms with E-state index in [-0.39, 0.29) is 6.61 Å². The second-order valence-corrected chi connectivity index (χ2v) is 8.34. The SMILES string of the molecule is CCOC(=O)c1c(NC(=O)C(=O)N/N=C/c2c(Cl)cccc2Cl)sc2c1CCCC2. The van der Waals surface area contributed by atoms with Crippen molar-refractivity contribution in [1.29, 1.82) is 0 Å². The molecule has 158 valence electrons. The third kappa shape index (κ3) is 5.00. The van der Waals surface area contributed by atoms with Gasteiger partial charge in [0.25, 0.3) is 0 Å². The molecule has 1 aromatic heterocycles. The van der Waals surface area contributed by atoms with E-state index in [0.717, 1.165) is 36.1 Å². The molecule has 1 aliphatic carbocycles. The topological polar surface area (TPSA) is 96.9 Å². The van der Waals surface area contributed by atoms with Crippen LogP contribution in [0.3, 0.4) is 0 Å². The monoisotopic (exact) mass is 467 g/mol. The molecule has 1 heterocycles. The Labute approximate surface area is 187 Å². The number of anilines is 1. The lowest BCUT2D eigenvalue weighted by Gasteiger charge is -2.12. The summed E-state index contributed by atoms with van der Waals surface area (Å²) in [5.74, 6) is -2.43. The molecule has 2 amide bonds. The molecule has 10 heteroatoms. The summed E-state index contributed by atoms with van der Waals surface area (Å²) in [5.41, 5.74) is 3.78. The van der Waals surface area contributed by atoms with Gasteiger partial charge >= 0.3 is 17.8 Å². The van der Waals surface area contributed by atoms with Gasteiger partial charge in [0.2, 0.25) is 0 Å². The first-order valence-electron chi connectivity index (χ1n) is 9.32. The summed E-state index contributed by atoms with van der Waals surface area (Å²) in [4.78, 5) is 37.9. The predicted octanol–water partition coefficient (Wildman–Crippen LogP) is 4.20. The van der Waals surface area contributed by atoms with Gasteiger partial charge in [0.15, 0.2) is 0 Å². The van der Waals surface area contributed by atoms with Crippen molar-refractivity contribution in [1.82, 2.24) is 5.43 Å². The number of aryl methyl sites for hydroxylation is 1. The van der Waals surface area contributed by atoms with Gasteiger partial charge in [-0.3, -0.25) is 9.59 Å². The number of benzene rings is 1. The van der Waals surface area contributed by atoms with Crippen LogP contribution in [0.2, 0.25) is 10.0 Å². The Kier molecular flexibility index (Phi) is 7.47. The van der Waals surface area contributed by atoms with Crippen molar-refractivity contribution < 1.29 is 19.1 Å². The molecule has 2 aromatic rings. The Hall–Kier alpha value is -2.42. The lowest BCUT2D eigenvalue weighted by Crippen LogP contribution is -2.32. The van der Waals surface area contributed by atoms with Crippen LogP contribution in [0.25, 0.3) is 0 Å². The normalized spacial score (nSPS) is 13.0. The van der Waals surface area contributed by atoms with Gasteiger partial charge in [-0.1, -0.05) is 29.3 Å². The van der Waals surface area contributed by atoms with Gasteiger partial charge in [0, 0.05) is 10.4 Å². The van der Waals surface area contributed by atoms with Crippen LogP contribution in [0.15, 0.2) is 23.3 Å². The van der Waals surface area contributed by atoms with Crippen molar-refractivity contribution >= 4 is 63.5 Å². The Morgan fingerprint density at radius 3 is 2.57 bits per heavy atom. The summed E-state index contributed by atoms with van der Waals surface area (Å²) >= 11 is 13.4. The van der Waals surface area contributed by atoms with E-state index in [0.29, 0.717) is 26.2 Å². The quantitative estimate of drug-likeness (QED) is 0.298. The second kappa shape index (κ2) is 10.1. The number of rotatable bonds is 5. The molecule has 0 bridgehead atoms. The zero-order chi connectivity index (χ0) is 21.7. The van der Waals surface area contributed by atoms with Crippen LogP contribution in [0.5, 0.6) is 0 Å². The van der Waals surface area contributed by atoms with Crippen LogP contribution in [0, 0.1) is 0 Å². The molecule has 0 atom stereocenters. The maximum atomic E-state index is 12.4. The van der Waals surface area contributed by atoms with E-state index in [4.69, 9.17) is 27.9 Å². The minimum Gasteiger partial charge on any atom is -0.462 e. The van der Waals surface area contributed by atoms with Gasteiger partial charge < -0.3 is 10.1 Å². The number of hydrogen-bond acceptors (Lipinski definition) is 6. The fourth-order valence-corrected chi connectivity index (χ4v) is 4.84. The third-order valence-corrected chi connectivity index (χ3v) is 6.31. The largest absolute Gasteiger partial charge is 0.462 e. The molecule has 0 aliphatic heterocycles. The highest BCUT2D eigenvalue weighted by atomic mass is 35.5. The van der Waals surface area contributed by atoms with E-state index >= 15 is 0 Å². The van der Waals surface area contributed by atoms with Crippen molar-refractivity contribution in [3.05, 3.63) is 49.8 Å². The van der Waals surface area contributed by atoms with E-state index in [1.807, 2.05) is 0 Å². The lowest BCUT2D eigenvalue weighted by atomic mass is 9.95. The summed E-state index contributed by atoms with van der Waals surface area (Å²) in [6.45, 7) is 1.93. The van der Waals surface area contributed by atoms with E-state index in [2.05, 4.69) is 15.8 Å². The van der Waals surface area contributed by atoms with E-state index in [9.17, 15) is 14.4 Å². The average Bonchev–Trinajstić information content (AvgIpc) is 3.08. The average molecular weight is 468 g/mol. The first kappa shape index (κ1) is 22.3. The van der Waals surface area contributed by atoms with Crippen molar-refractivity contribution in [2.45, 2.75) is 32.6 Å². The number of carbonyl (C=O) groups excluding carboxylic acids is 3. The number of hydrazone groups is 1. The molecule has 30 heavy (non-hydrogen) atoms. The Balaban J connectivity index is 1.72. The fourth-order valence-electron chi connectivity index (χ4n) is 3.07. The standard InChI is InChI=1S/C20H19Cl2N3O4S/c1-2-29-20(28)16-11-6-3-4-9-15(11)30-19(16)24-17(26)18(27)25-23-10-12-13(21)7-5-8-14(12)22/h5,7-8,10H,2-4,6,9H2,1H3,(H,24,26)(H,25,27)/b23-10+. The summed E-state index contributed by atoms with van der Waals surface area (Å²) in [6, 6.07) is 4.92. The zero-order valence-electron chi connectivity index (χ0n) is 16.1. The smallest absolute Gasteiger partial charge is 0.341 e. The van der Waals surface area contributed by atoms with E-state index < -0.39 is 17.8 Å². The first-order chi connectivity index (χ1) is 14.4. The van der Waals surface area contributed by atoms with Crippen LogP contribution in [0.4, 0.5) is 5.00 Å². The summed E-state index contributed by atoms with van der Waals surface area (Å²) in [5, 5.41) is 7.28. The zero-order valence-corrected chi connectivity index (χ0v) is 18.4. The number of esters is 1. The van der Waals surface area contributed by atoms with Crippen LogP contribution < -0.4 is 10.7 Å². The molecular formula is C20H19Cl2N3O4S. The molecule has 0 radical (unpaired) electrons. The third-order valence-electron chi connectivity index (χ3n) is 4.44. The molecule has 0 fully saturated rings. The summed E-state index contributed by atoms with van der Waals surface area (Å²) in [7, 11) is 0. The van der Waals surface area contributed by atoms with Gasteiger partial charge in [0.1, 0.15) is 5.00 Å². The number of hydrogen-bond donors (Lipinski definition) is 2. The van der Waals surface area contributed by atoms with Gasteiger partial charge in [-0.05, 0) is 50.3 Å². The van der Waals surface area contributed by atoms with E-state index in [1.165, 1.54) is 17.6 Å². The van der Waals surface area contributed by atoms with E-state index in [1.54, 1.807) is 25.1 Å². The molecule has 0 saturated heterocycles. The molecule has 0 saturated carbocycles. The minimum absolute atomic E-state index is 0.219. The molecule has 3 rings (SSSR count). The fraction of sp³-hybridized carbons (Fsp3) is 0.300. The Morgan fingerprint density at radius 2 is 1.87 bits per heavy atom. The Morgan fingerprint density at radius 1 is 1.17 bits per heavy atom. The van der Waals surface area contributed by atoms with Crippen LogP contribution in [-0.4, -0.2) is 30.6 Å².